The van der Waals surface area contributed by atoms with Crippen molar-refractivity contribution in [2.24, 2.45) is 5.92 Å². The SMILES string of the molecule is CCc1ccc2c(COC(=O)[C@H]3CCS(=O)(=O)C3)cc(=O)oc2c1. The van der Waals surface area contributed by atoms with Crippen molar-refractivity contribution in [1.29, 1.82) is 0 Å². The van der Waals surface area contributed by atoms with Gasteiger partial charge in [0.2, 0.25) is 0 Å². The smallest absolute Gasteiger partial charge is 0.336 e. The molecule has 0 spiro atoms. The fraction of sp³-hybridized carbons (Fsp3) is 0.412. The van der Waals surface area contributed by atoms with E-state index in [1.165, 1.54) is 6.07 Å². The molecule has 1 aliphatic heterocycles. The number of rotatable bonds is 4. The normalized spacial score (nSPS) is 19.5. The van der Waals surface area contributed by atoms with E-state index in [4.69, 9.17) is 9.15 Å². The minimum absolute atomic E-state index is 0.0183. The molecule has 0 saturated carbocycles. The lowest BCUT2D eigenvalue weighted by Gasteiger charge is -2.10. The van der Waals surface area contributed by atoms with Crippen molar-refractivity contribution in [2.75, 3.05) is 11.5 Å². The molecule has 1 saturated heterocycles. The molecule has 0 bridgehead atoms. The molecule has 1 aliphatic rings. The number of carbonyl (C=O) groups excluding carboxylic acids is 1. The zero-order valence-corrected chi connectivity index (χ0v) is 14.1. The second kappa shape index (κ2) is 6.39. The average molecular weight is 350 g/mol. The van der Waals surface area contributed by atoms with Crippen molar-refractivity contribution in [2.45, 2.75) is 26.4 Å². The first-order valence-electron chi connectivity index (χ1n) is 7.80. The van der Waals surface area contributed by atoms with Crippen LogP contribution in [0.1, 0.15) is 24.5 Å². The molecule has 1 fully saturated rings. The molecule has 2 heterocycles. The van der Waals surface area contributed by atoms with Crippen LogP contribution in [-0.2, 0) is 32.4 Å². The summed E-state index contributed by atoms with van der Waals surface area (Å²) >= 11 is 0. The Bertz CT molecular complexity index is 941. The first-order chi connectivity index (χ1) is 11.4. The van der Waals surface area contributed by atoms with Gasteiger partial charge < -0.3 is 9.15 Å². The van der Waals surface area contributed by atoms with Gasteiger partial charge in [0.15, 0.2) is 9.84 Å². The zero-order chi connectivity index (χ0) is 17.3. The van der Waals surface area contributed by atoms with E-state index >= 15 is 0 Å². The predicted octanol–water partition coefficient (Wildman–Crippen LogP) is 1.83. The molecule has 7 heteroatoms. The highest BCUT2D eigenvalue weighted by molar-refractivity contribution is 7.91. The minimum atomic E-state index is -3.14. The van der Waals surface area contributed by atoms with Crippen LogP contribution in [0.4, 0.5) is 0 Å². The molecule has 0 N–H and O–H groups in total. The molecule has 1 aromatic carbocycles. The van der Waals surface area contributed by atoms with E-state index in [0.717, 1.165) is 12.0 Å². The first-order valence-corrected chi connectivity index (χ1v) is 9.63. The van der Waals surface area contributed by atoms with Gasteiger partial charge in [-0.3, -0.25) is 4.79 Å². The molecule has 0 amide bonds. The molecule has 1 aromatic heterocycles. The van der Waals surface area contributed by atoms with Gasteiger partial charge >= 0.3 is 11.6 Å². The molecule has 3 rings (SSSR count). The van der Waals surface area contributed by atoms with E-state index in [1.807, 2.05) is 19.1 Å². The number of ether oxygens (including phenoxy) is 1. The molecular formula is C17H18O6S. The molecule has 6 nitrogen and oxygen atoms in total. The van der Waals surface area contributed by atoms with Gasteiger partial charge in [0.25, 0.3) is 0 Å². The van der Waals surface area contributed by atoms with Crippen LogP contribution in [0.3, 0.4) is 0 Å². The maximum absolute atomic E-state index is 12.0. The van der Waals surface area contributed by atoms with Crippen molar-refractivity contribution in [3.63, 3.8) is 0 Å². The first kappa shape index (κ1) is 16.7. The van der Waals surface area contributed by atoms with E-state index in [2.05, 4.69) is 0 Å². The molecule has 2 aromatic rings. The summed E-state index contributed by atoms with van der Waals surface area (Å²) in [6.07, 6.45) is 1.10. The highest BCUT2D eigenvalue weighted by Gasteiger charge is 2.34. The summed E-state index contributed by atoms with van der Waals surface area (Å²) in [5.74, 6) is -1.30. The second-order valence-electron chi connectivity index (χ2n) is 5.98. The van der Waals surface area contributed by atoms with Gasteiger partial charge in [-0.05, 0) is 24.5 Å². The van der Waals surface area contributed by atoms with Crippen molar-refractivity contribution < 1.29 is 22.4 Å². The van der Waals surface area contributed by atoms with Crippen LogP contribution < -0.4 is 5.63 Å². The molecule has 24 heavy (non-hydrogen) atoms. The van der Waals surface area contributed by atoms with Crippen molar-refractivity contribution in [3.8, 4) is 0 Å². The van der Waals surface area contributed by atoms with Crippen LogP contribution in [0.2, 0.25) is 0 Å². The van der Waals surface area contributed by atoms with Crippen molar-refractivity contribution >= 4 is 26.8 Å². The van der Waals surface area contributed by atoms with Crippen LogP contribution in [0.25, 0.3) is 11.0 Å². The number of carbonyl (C=O) groups is 1. The second-order valence-corrected chi connectivity index (χ2v) is 8.21. The summed E-state index contributed by atoms with van der Waals surface area (Å²) in [6, 6.07) is 6.86. The summed E-state index contributed by atoms with van der Waals surface area (Å²) in [5.41, 5.74) is 1.54. The molecule has 0 radical (unpaired) electrons. The van der Waals surface area contributed by atoms with Gasteiger partial charge in [0.05, 0.1) is 17.4 Å². The lowest BCUT2D eigenvalue weighted by atomic mass is 10.1. The van der Waals surface area contributed by atoms with Gasteiger partial charge in [0, 0.05) is 17.0 Å². The van der Waals surface area contributed by atoms with E-state index in [0.29, 0.717) is 23.0 Å². The molecule has 128 valence electrons. The number of fused-ring (bicyclic) bond motifs is 1. The van der Waals surface area contributed by atoms with Crippen LogP contribution in [-0.4, -0.2) is 25.9 Å². The Labute approximate surface area is 139 Å². The predicted molar refractivity (Wildman–Crippen MR) is 88.4 cm³/mol. The van der Waals surface area contributed by atoms with Crippen LogP contribution >= 0.6 is 0 Å². The lowest BCUT2D eigenvalue weighted by molar-refractivity contribution is -0.148. The highest BCUT2D eigenvalue weighted by atomic mass is 32.2. The summed E-state index contributed by atoms with van der Waals surface area (Å²) in [6.45, 7) is 1.92. The van der Waals surface area contributed by atoms with E-state index in [9.17, 15) is 18.0 Å². The molecular weight excluding hydrogens is 332 g/mol. The van der Waals surface area contributed by atoms with Gasteiger partial charge in [-0.15, -0.1) is 0 Å². The van der Waals surface area contributed by atoms with Gasteiger partial charge in [-0.2, -0.15) is 0 Å². The van der Waals surface area contributed by atoms with Crippen LogP contribution in [0.5, 0.6) is 0 Å². The number of aryl methyl sites for hydroxylation is 1. The summed E-state index contributed by atoms with van der Waals surface area (Å²) < 4.78 is 33.3. The number of esters is 1. The topological polar surface area (TPSA) is 90.7 Å². The highest BCUT2D eigenvalue weighted by Crippen LogP contribution is 2.22. The van der Waals surface area contributed by atoms with Gasteiger partial charge in [0.1, 0.15) is 12.2 Å². The third-order valence-electron chi connectivity index (χ3n) is 4.24. The maximum atomic E-state index is 12.0. The number of hydrogen-bond acceptors (Lipinski definition) is 6. The number of sulfone groups is 1. The van der Waals surface area contributed by atoms with E-state index in [1.54, 1.807) is 6.07 Å². The van der Waals surface area contributed by atoms with Crippen molar-refractivity contribution in [1.82, 2.24) is 0 Å². The number of hydrogen-bond donors (Lipinski definition) is 0. The Kier molecular flexibility index (Phi) is 4.45. The lowest BCUT2D eigenvalue weighted by Crippen LogP contribution is -2.19. The quantitative estimate of drug-likeness (QED) is 0.617. The average Bonchev–Trinajstić information content (AvgIpc) is 2.91. The molecule has 0 unspecified atom stereocenters. The number of benzene rings is 1. The summed E-state index contributed by atoms with van der Waals surface area (Å²) in [7, 11) is -3.14. The van der Waals surface area contributed by atoms with Gasteiger partial charge in [-0.25, -0.2) is 13.2 Å². The Hall–Kier alpha value is -2.15. The summed E-state index contributed by atoms with van der Waals surface area (Å²) in [4.78, 5) is 23.7. The monoisotopic (exact) mass is 350 g/mol. The van der Waals surface area contributed by atoms with Crippen LogP contribution in [0.15, 0.2) is 33.5 Å². The minimum Gasteiger partial charge on any atom is -0.461 e. The fourth-order valence-electron chi connectivity index (χ4n) is 2.86. The third-order valence-corrected chi connectivity index (χ3v) is 6.01. The van der Waals surface area contributed by atoms with E-state index < -0.39 is 27.4 Å². The summed E-state index contributed by atoms with van der Waals surface area (Å²) in [5, 5.41) is 0.707. The Balaban J connectivity index is 1.80. The zero-order valence-electron chi connectivity index (χ0n) is 13.3. The molecule has 1 atom stereocenters. The largest absolute Gasteiger partial charge is 0.461 e. The maximum Gasteiger partial charge on any atom is 0.336 e. The van der Waals surface area contributed by atoms with Crippen LogP contribution in [0, 0.1) is 5.92 Å². The Morgan fingerprint density at radius 1 is 1.33 bits per heavy atom. The van der Waals surface area contributed by atoms with Crippen molar-refractivity contribution in [3.05, 3.63) is 45.8 Å². The molecule has 0 aliphatic carbocycles. The third kappa shape index (κ3) is 3.51. The Morgan fingerprint density at radius 2 is 2.12 bits per heavy atom. The fourth-order valence-corrected chi connectivity index (χ4v) is 4.59. The van der Waals surface area contributed by atoms with E-state index in [-0.39, 0.29) is 18.1 Å². The standard InChI is InChI=1S/C17H18O6S/c1-2-11-3-4-14-13(8-16(18)23-15(14)7-11)9-22-17(19)12-5-6-24(20,21)10-12/h3-4,7-8,12H,2,5-6,9-10H2,1H3/t12-/m0/s1. The Morgan fingerprint density at radius 3 is 2.79 bits per heavy atom. The van der Waals surface area contributed by atoms with Gasteiger partial charge in [-0.1, -0.05) is 19.1 Å².